The fraction of sp³-hybridized carbons (Fsp3) is 0.300. The molecule has 0 aromatic heterocycles. The number of rotatable bonds is 3. The number of thioether (sulfide) groups is 1. The van der Waals surface area contributed by atoms with Crippen LogP contribution in [0.4, 0.5) is 0 Å². The summed E-state index contributed by atoms with van der Waals surface area (Å²) in [5.74, 6) is 0.954. The van der Waals surface area contributed by atoms with Gasteiger partial charge in [-0.3, -0.25) is 9.59 Å². The fourth-order valence-electron chi connectivity index (χ4n) is 3.22. The number of hydrogen-bond donors (Lipinski definition) is 0. The van der Waals surface area contributed by atoms with Gasteiger partial charge in [-0.25, -0.2) is 0 Å². The molecule has 134 valence electrons. The number of aryl methyl sites for hydroxylation is 1. The van der Waals surface area contributed by atoms with Crippen molar-refractivity contribution < 1.29 is 20.4 Å². The predicted octanol–water partition coefficient (Wildman–Crippen LogP) is 4.91. The lowest BCUT2D eigenvalue weighted by molar-refractivity contribution is -0.121. The lowest BCUT2D eigenvalue weighted by atomic mass is 9.88. The molecule has 6 heteroatoms. The van der Waals surface area contributed by atoms with Crippen LogP contribution in [0.15, 0.2) is 36.4 Å². The van der Waals surface area contributed by atoms with Crippen LogP contribution >= 0.6 is 23.4 Å². The highest BCUT2D eigenvalue weighted by molar-refractivity contribution is 8.15. The van der Waals surface area contributed by atoms with Gasteiger partial charge in [0.15, 0.2) is 10.9 Å². The van der Waals surface area contributed by atoms with E-state index in [1.165, 1.54) is 0 Å². The zero-order chi connectivity index (χ0) is 19.2. The van der Waals surface area contributed by atoms with Crippen LogP contribution in [0.3, 0.4) is 0 Å². The van der Waals surface area contributed by atoms with E-state index in [1.54, 1.807) is 18.2 Å². The van der Waals surface area contributed by atoms with E-state index in [-0.39, 0.29) is 23.2 Å². The first-order valence-electron chi connectivity index (χ1n) is 8.83. The molecule has 2 heterocycles. The zero-order valence-corrected chi connectivity index (χ0v) is 15.7. The summed E-state index contributed by atoms with van der Waals surface area (Å²) in [6.45, 7) is 2.33. The summed E-state index contributed by atoms with van der Waals surface area (Å²) in [5, 5.41) is -1.20. The molecule has 0 bridgehead atoms. The smallest absolute Gasteiger partial charge is 0.197 e. The first-order chi connectivity index (χ1) is 12.9. The average Bonchev–Trinajstić information content (AvgIpc) is 2.89. The fourth-order valence-corrected chi connectivity index (χ4v) is 4.52. The molecule has 2 aliphatic heterocycles. The van der Waals surface area contributed by atoms with Crippen molar-refractivity contribution in [2.45, 2.75) is 30.9 Å². The Hall–Kier alpha value is -1.98. The van der Waals surface area contributed by atoms with Gasteiger partial charge in [0, 0.05) is 12.0 Å². The minimum absolute atomic E-state index is 0.173. The second-order valence-electron chi connectivity index (χ2n) is 6.36. The molecule has 1 fully saturated rings. The second kappa shape index (κ2) is 6.97. The number of ether oxygens (including phenoxy) is 2. The molecule has 0 saturated carbocycles. The van der Waals surface area contributed by atoms with Crippen molar-refractivity contribution in [2.24, 2.45) is 0 Å². The first kappa shape index (κ1) is 16.2. The first-order valence-corrected chi connectivity index (χ1v) is 9.52. The Bertz CT molecular complexity index is 948. The van der Waals surface area contributed by atoms with Gasteiger partial charge in [0.2, 0.25) is 0 Å². The summed E-state index contributed by atoms with van der Waals surface area (Å²) in [5.41, 5.74) is 1.80. The Labute approximate surface area is 162 Å². The van der Waals surface area contributed by atoms with Crippen LogP contribution in [-0.2, 0) is 9.59 Å². The van der Waals surface area contributed by atoms with E-state index >= 15 is 0 Å². The van der Waals surface area contributed by atoms with Gasteiger partial charge in [-0.2, -0.15) is 0 Å². The van der Waals surface area contributed by atoms with Crippen LogP contribution in [0.2, 0.25) is 5.02 Å². The molecule has 2 aromatic rings. The minimum atomic E-state index is -1.47. The molecule has 1 saturated heterocycles. The van der Waals surface area contributed by atoms with Gasteiger partial charge in [0.05, 0.1) is 24.6 Å². The van der Waals surface area contributed by atoms with E-state index in [1.807, 2.05) is 25.1 Å². The van der Waals surface area contributed by atoms with Crippen LogP contribution in [0.25, 0.3) is 0 Å². The molecule has 0 aliphatic carbocycles. The molecule has 2 unspecified atom stereocenters. The molecule has 0 spiro atoms. The summed E-state index contributed by atoms with van der Waals surface area (Å²) in [4.78, 5) is 24.0. The van der Waals surface area contributed by atoms with Gasteiger partial charge in [0.1, 0.15) is 17.2 Å². The van der Waals surface area contributed by atoms with E-state index in [0.717, 1.165) is 22.9 Å². The van der Waals surface area contributed by atoms with Gasteiger partial charge < -0.3 is 9.47 Å². The van der Waals surface area contributed by atoms with E-state index in [9.17, 15) is 9.59 Å². The Kier molecular flexibility index (Phi) is 4.35. The number of halogens is 1. The Balaban J connectivity index is 1.64. The number of Topliss-reactive ketones (excluding diaryl/α,β-unsaturated/α-hetero) is 1. The summed E-state index contributed by atoms with van der Waals surface area (Å²) in [7, 11) is 0. The molecular weight excluding hydrogens is 372 g/mol. The van der Waals surface area contributed by atoms with Crippen molar-refractivity contribution in [1.29, 1.82) is 0 Å². The summed E-state index contributed by atoms with van der Waals surface area (Å²) in [6, 6.07) is 10.9. The van der Waals surface area contributed by atoms with Crippen molar-refractivity contribution in [3.63, 3.8) is 0 Å². The standard InChI is InChI=1S/C20H17ClO4S/c1-11-2-5-17(15(21)8-11)25-12-3-4-13-14(6-7-24-18(13)9-12)20-16(22)10-19(23)26-20/h2-5,8-9,14,20H,6-7,10H2,1H3/i20D. The van der Waals surface area contributed by atoms with Crippen molar-refractivity contribution >= 4 is 34.3 Å². The second-order valence-corrected chi connectivity index (χ2v) is 7.87. The summed E-state index contributed by atoms with van der Waals surface area (Å²) < 4.78 is 20.2. The van der Waals surface area contributed by atoms with Gasteiger partial charge in [0.25, 0.3) is 0 Å². The summed E-state index contributed by atoms with van der Waals surface area (Å²) >= 11 is 7.06. The number of carbonyl (C=O) groups excluding carboxylic acids is 2. The third-order valence-electron chi connectivity index (χ3n) is 4.46. The molecule has 4 rings (SSSR count). The lowest BCUT2D eigenvalue weighted by Crippen LogP contribution is -2.26. The van der Waals surface area contributed by atoms with Gasteiger partial charge in [-0.05, 0) is 42.7 Å². The molecule has 0 radical (unpaired) electrons. The SMILES string of the molecule is [2H]C1(C2CCOc3cc(Oc4ccc(C)cc4Cl)ccc32)SC(=O)CC1=O. The molecule has 0 N–H and O–H groups in total. The zero-order valence-electron chi connectivity index (χ0n) is 15.1. The van der Waals surface area contributed by atoms with E-state index in [4.69, 9.17) is 22.4 Å². The van der Waals surface area contributed by atoms with Crippen LogP contribution < -0.4 is 9.47 Å². The van der Waals surface area contributed by atoms with Crippen LogP contribution in [-0.4, -0.2) is 22.7 Å². The van der Waals surface area contributed by atoms with Crippen LogP contribution in [0.1, 0.15) is 31.3 Å². The highest BCUT2D eigenvalue weighted by atomic mass is 35.5. The van der Waals surface area contributed by atoms with Crippen LogP contribution in [0.5, 0.6) is 17.2 Å². The highest BCUT2D eigenvalue weighted by Crippen LogP contribution is 2.45. The molecule has 2 aliphatic rings. The molecule has 2 aromatic carbocycles. The third-order valence-corrected chi connectivity index (χ3v) is 5.86. The quantitative estimate of drug-likeness (QED) is 0.698. The third kappa shape index (κ3) is 3.33. The van der Waals surface area contributed by atoms with Gasteiger partial charge >= 0.3 is 0 Å². The van der Waals surface area contributed by atoms with E-state index in [0.29, 0.717) is 35.3 Å². The Morgan fingerprint density at radius 2 is 2.12 bits per heavy atom. The Morgan fingerprint density at radius 3 is 2.85 bits per heavy atom. The minimum Gasteiger partial charge on any atom is -0.493 e. The largest absolute Gasteiger partial charge is 0.493 e. The molecular formula is C20H17ClO4S. The predicted molar refractivity (Wildman–Crippen MR) is 102 cm³/mol. The maximum Gasteiger partial charge on any atom is 0.197 e. The van der Waals surface area contributed by atoms with Crippen molar-refractivity contribution in [3.8, 4) is 17.2 Å². The maximum absolute atomic E-state index is 12.3. The monoisotopic (exact) mass is 389 g/mol. The van der Waals surface area contributed by atoms with Gasteiger partial charge in [-0.1, -0.05) is 35.5 Å². The van der Waals surface area contributed by atoms with E-state index < -0.39 is 5.23 Å². The average molecular weight is 390 g/mol. The molecule has 26 heavy (non-hydrogen) atoms. The Morgan fingerprint density at radius 1 is 1.27 bits per heavy atom. The topological polar surface area (TPSA) is 52.6 Å². The number of carbonyl (C=O) groups is 2. The number of hydrogen-bond acceptors (Lipinski definition) is 5. The maximum atomic E-state index is 12.3. The van der Waals surface area contributed by atoms with E-state index in [2.05, 4.69) is 0 Å². The molecule has 2 atom stereocenters. The van der Waals surface area contributed by atoms with Crippen LogP contribution in [0, 0.1) is 6.92 Å². The van der Waals surface area contributed by atoms with Gasteiger partial charge in [-0.15, -0.1) is 0 Å². The number of fused-ring (bicyclic) bond motifs is 1. The van der Waals surface area contributed by atoms with Crippen molar-refractivity contribution in [2.75, 3.05) is 6.61 Å². The summed E-state index contributed by atoms with van der Waals surface area (Å²) in [6.07, 6.45) is 0.348. The van der Waals surface area contributed by atoms with Crippen molar-refractivity contribution in [1.82, 2.24) is 0 Å². The molecule has 0 amide bonds. The normalized spacial score (nSPS) is 25.5. The number of ketones is 1. The lowest BCUT2D eigenvalue weighted by Gasteiger charge is -2.29. The number of benzene rings is 2. The molecule has 4 nitrogen and oxygen atoms in total. The highest BCUT2D eigenvalue weighted by Gasteiger charge is 2.40. The van der Waals surface area contributed by atoms with Crippen molar-refractivity contribution in [3.05, 3.63) is 52.5 Å².